The lowest BCUT2D eigenvalue weighted by atomic mass is 10.1. The summed E-state index contributed by atoms with van der Waals surface area (Å²) in [4.78, 5) is 17.8. The molecule has 1 heterocycles. The molecule has 4 N–H and O–H groups in total. The van der Waals surface area contributed by atoms with Gasteiger partial charge in [-0.2, -0.15) is 4.98 Å². The largest absolute Gasteiger partial charge is 0.493 e. The summed E-state index contributed by atoms with van der Waals surface area (Å²) < 4.78 is 0. The van der Waals surface area contributed by atoms with Gasteiger partial charge in [-0.3, -0.25) is 4.79 Å². The van der Waals surface area contributed by atoms with Crippen molar-refractivity contribution in [3.8, 4) is 5.88 Å². The van der Waals surface area contributed by atoms with Gasteiger partial charge in [0.05, 0.1) is 11.1 Å². The van der Waals surface area contributed by atoms with E-state index in [1.54, 1.807) is 20.8 Å². The van der Waals surface area contributed by atoms with Crippen molar-refractivity contribution < 1.29 is 5.11 Å². The van der Waals surface area contributed by atoms with Crippen LogP contribution in [0.3, 0.4) is 0 Å². The number of nitrogens with zero attached hydrogens (tertiary/aromatic N) is 1. The van der Waals surface area contributed by atoms with Crippen LogP contribution >= 0.6 is 0 Å². The zero-order valence-corrected chi connectivity index (χ0v) is 8.59. The van der Waals surface area contributed by atoms with Crippen LogP contribution in [0.4, 0.5) is 0 Å². The first-order valence-electron chi connectivity index (χ1n) is 4.47. The second-order valence-electron chi connectivity index (χ2n) is 3.79. The number of rotatable bonds is 2. The van der Waals surface area contributed by atoms with Crippen LogP contribution in [-0.4, -0.2) is 15.1 Å². The van der Waals surface area contributed by atoms with Crippen molar-refractivity contribution in [1.82, 2.24) is 9.97 Å². The third-order valence-electron chi connectivity index (χ3n) is 1.96. The maximum atomic E-state index is 11.4. The molecule has 5 nitrogen and oxygen atoms in total. The first kappa shape index (κ1) is 10.7. The minimum absolute atomic E-state index is 0.232. The Morgan fingerprint density at radius 1 is 1.57 bits per heavy atom. The molecule has 0 saturated carbocycles. The predicted octanol–water partition coefficient (Wildman–Crippen LogP) is 0.232. The molecule has 0 atom stereocenters. The molecule has 0 aliphatic heterocycles. The van der Waals surface area contributed by atoms with Crippen molar-refractivity contribution in [2.45, 2.75) is 32.7 Å². The molecule has 0 bridgehead atoms. The van der Waals surface area contributed by atoms with Gasteiger partial charge >= 0.3 is 0 Å². The molecule has 0 saturated heterocycles. The summed E-state index contributed by atoms with van der Waals surface area (Å²) in [6.45, 7) is 5.19. The fourth-order valence-electron chi connectivity index (χ4n) is 1.11. The molecule has 0 aliphatic carbocycles. The molecule has 0 aliphatic rings. The highest BCUT2D eigenvalue weighted by Crippen LogP contribution is 2.15. The minimum Gasteiger partial charge on any atom is -0.493 e. The fourth-order valence-corrected chi connectivity index (χ4v) is 1.11. The number of hydrogen-bond acceptors (Lipinski definition) is 4. The van der Waals surface area contributed by atoms with E-state index in [1.165, 1.54) is 0 Å². The lowest BCUT2D eigenvalue weighted by molar-refractivity contribution is 0.423. The van der Waals surface area contributed by atoms with E-state index in [1.807, 2.05) is 0 Å². The van der Waals surface area contributed by atoms with E-state index >= 15 is 0 Å². The van der Waals surface area contributed by atoms with Gasteiger partial charge in [0.1, 0.15) is 5.82 Å². The maximum Gasteiger partial charge on any atom is 0.257 e. The second kappa shape index (κ2) is 3.42. The first-order valence-corrected chi connectivity index (χ1v) is 4.47. The van der Waals surface area contributed by atoms with Crippen LogP contribution in [0.5, 0.6) is 5.88 Å². The first-order chi connectivity index (χ1) is 6.36. The quantitative estimate of drug-likeness (QED) is 0.633. The van der Waals surface area contributed by atoms with Crippen molar-refractivity contribution in [3.05, 3.63) is 21.7 Å². The Labute approximate surface area is 82.0 Å². The molecule has 14 heavy (non-hydrogen) atoms. The Kier molecular flexibility index (Phi) is 2.62. The fraction of sp³-hybridized carbons (Fsp3) is 0.556. The zero-order valence-electron chi connectivity index (χ0n) is 8.59. The average Bonchev–Trinajstić information content (AvgIpc) is 2.01. The Hall–Kier alpha value is -1.36. The van der Waals surface area contributed by atoms with Gasteiger partial charge in [0.25, 0.3) is 5.56 Å². The topological polar surface area (TPSA) is 92.0 Å². The Morgan fingerprint density at radius 3 is 2.50 bits per heavy atom. The molecule has 5 heteroatoms. The van der Waals surface area contributed by atoms with Crippen LogP contribution in [0.1, 0.15) is 32.2 Å². The molecule has 0 unspecified atom stereocenters. The summed E-state index contributed by atoms with van der Waals surface area (Å²) in [5.41, 5.74) is 4.95. The highest BCUT2D eigenvalue weighted by molar-refractivity contribution is 5.23. The van der Waals surface area contributed by atoms with Crippen molar-refractivity contribution in [2.24, 2.45) is 5.73 Å². The molecule has 1 rings (SSSR count). The molecular formula is C9H15N3O2. The summed E-state index contributed by atoms with van der Waals surface area (Å²) in [6, 6.07) is 0. The van der Waals surface area contributed by atoms with Crippen molar-refractivity contribution in [1.29, 1.82) is 0 Å². The summed E-state index contributed by atoms with van der Waals surface area (Å²) in [7, 11) is 0. The van der Waals surface area contributed by atoms with Gasteiger partial charge in [-0.1, -0.05) is 6.92 Å². The number of H-pyrrole nitrogens is 1. The van der Waals surface area contributed by atoms with Crippen LogP contribution < -0.4 is 11.3 Å². The monoisotopic (exact) mass is 197 g/mol. The number of aromatic hydroxyl groups is 1. The normalized spacial score (nSPS) is 11.7. The van der Waals surface area contributed by atoms with Crippen LogP contribution in [0, 0.1) is 0 Å². The average molecular weight is 197 g/mol. The molecule has 0 fully saturated rings. The van der Waals surface area contributed by atoms with Crippen LogP contribution in [0.15, 0.2) is 4.79 Å². The van der Waals surface area contributed by atoms with Crippen molar-refractivity contribution in [2.75, 3.05) is 0 Å². The Balaban J connectivity index is 3.36. The van der Waals surface area contributed by atoms with Crippen LogP contribution in [-0.2, 0) is 12.0 Å². The van der Waals surface area contributed by atoms with Crippen LogP contribution in [0.2, 0.25) is 0 Å². The highest BCUT2D eigenvalue weighted by atomic mass is 16.3. The molecule has 0 spiro atoms. The predicted molar refractivity (Wildman–Crippen MR) is 53.1 cm³/mol. The van der Waals surface area contributed by atoms with Gasteiger partial charge < -0.3 is 15.8 Å². The maximum absolute atomic E-state index is 11.4. The van der Waals surface area contributed by atoms with E-state index in [-0.39, 0.29) is 22.8 Å². The van der Waals surface area contributed by atoms with E-state index in [2.05, 4.69) is 9.97 Å². The van der Waals surface area contributed by atoms with Crippen molar-refractivity contribution >= 4 is 0 Å². The third kappa shape index (κ3) is 1.93. The smallest absolute Gasteiger partial charge is 0.257 e. The van der Waals surface area contributed by atoms with Gasteiger partial charge in [0.2, 0.25) is 5.88 Å². The third-order valence-corrected chi connectivity index (χ3v) is 1.96. The Morgan fingerprint density at radius 2 is 2.14 bits per heavy atom. The minimum atomic E-state index is -0.761. The summed E-state index contributed by atoms with van der Waals surface area (Å²) >= 11 is 0. The van der Waals surface area contributed by atoms with E-state index in [0.717, 1.165) is 0 Å². The highest BCUT2D eigenvalue weighted by Gasteiger charge is 2.19. The molecular weight excluding hydrogens is 182 g/mol. The van der Waals surface area contributed by atoms with Gasteiger partial charge in [0, 0.05) is 0 Å². The summed E-state index contributed by atoms with van der Waals surface area (Å²) in [6.07, 6.45) is 0.444. The number of nitrogens with two attached hydrogens (primary N) is 1. The molecule has 1 aromatic heterocycles. The van der Waals surface area contributed by atoms with E-state index in [4.69, 9.17) is 5.73 Å². The molecule has 1 aromatic rings. The van der Waals surface area contributed by atoms with Gasteiger partial charge in [-0.15, -0.1) is 0 Å². The Bertz CT molecular complexity index is 390. The lowest BCUT2D eigenvalue weighted by Crippen LogP contribution is -2.34. The summed E-state index contributed by atoms with van der Waals surface area (Å²) in [5.74, 6) is 0.0574. The number of aromatic nitrogens is 2. The van der Waals surface area contributed by atoms with Gasteiger partial charge in [-0.05, 0) is 20.3 Å². The molecule has 0 aromatic carbocycles. The molecule has 0 amide bonds. The van der Waals surface area contributed by atoms with E-state index < -0.39 is 5.54 Å². The number of nitrogens with one attached hydrogen (secondary N) is 1. The molecule has 0 radical (unpaired) electrons. The van der Waals surface area contributed by atoms with E-state index in [9.17, 15) is 9.90 Å². The van der Waals surface area contributed by atoms with Crippen molar-refractivity contribution in [3.63, 3.8) is 0 Å². The summed E-state index contributed by atoms with van der Waals surface area (Å²) in [5, 5.41) is 9.45. The zero-order chi connectivity index (χ0) is 10.9. The van der Waals surface area contributed by atoms with E-state index in [0.29, 0.717) is 6.42 Å². The second-order valence-corrected chi connectivity index (χ2v) is 3.79. The van der Waals surface area contributed by atoms with Gasteiger partial charge in [0.15, 0.2) is 0 Å². The number of hydrogen-bond donors (Lipinski definition) is 3. The standard InChI is InChI=1S/C9H15N3O2/c1-4-5-6(13)11-8(9(2,3)10)12-7(5)14/h4,10H2,1-3H3,(H2,11,12,13,14). The van der Waals surface area contributed by atoms with Crippen LogP contribution in [0.25, 0.3) is 0 Å². The lowest BCUT2D eigenvalue weighted by Gasteiger charge is -2.17. The SMILES string of the molecule is CCc1c(O)nc(C(C)(C)N)[nH]c1=O. The molecule has 78 valence electrons. The van der Waals surface area contributed by atoms with Gasteiger partial charge in [-0.25, -0.2) is 0 Å². The number of aromatic amines is 1.